The lowest BCUT2D eigenvalue weighted by molar-refractivity contribution is -0.117. The molecule has 3 heteroatoms. The smallest absolute Gasteiger partial charge is 0.224 e. The lowest BCUT2D eigenvalue weighted by Gasteiger charge is -2.47. The third kappa shape index (κ3) is 2.91. The maximum Gasteiger partial charge on any atom is 0.224 e. The molecule has 24 heavy (non-hydrogen) atoms. The van der Waals surface area contributed by atoms with Crippen molar-refractivity contribution in [2.75, 3.05) is 10.2 Å². The van der Waals surface area contributed by atoms with Crippen molar-refractivity contribution in [1.82, 2.24) is 0 Å². The number of amides is 1. The monoisotopic (exact) mass is 322 g/mol. The van der Waals surface area contributed by atoms with E-state index in [1.54, 1.807) is 6.92 Å². The van der Waals surface area contributed by atoms with Gasteiger partial charge in [0, 0.05) is 30.3 Å². The molecule has 1 N–H and O–H groups in total. The normalized spacial score (nSPS) is 23.0. The first-order chi connectivity index (χ1) is 11.5. The van der Waals surface area contributed by atoms with Crippen molar-refractivity contribution in [3.8, 4) is 0 Å². The van der Waals surface area contributed by atoms with Crippen molar-refractivity contribution in [1.29, 1.82) is 0 Å². The molecule has 2 unspecified atom stereocenters. The van der Waals surface area contributed by atoms with Crippen LogP contribution in [0.15, 0.2) is 54.6 Å². The van der Waals surface area contributed by atoms with Crippen LogP contribution in [0.25, 0.3) is 0 Å². The Hall–Kier alpha value is -2.29. The highest BCUT2D eigenvalue weighted by Gasteiger charge is 2.41. The molecule has 0 bridgehead atoms. The van der Waals surface area contributed by atoms with E-state index in [4.69, 9.17) is 0 Å². The number of para-hydroxylation sites is 2. The van der Waals surface area contributed by atoms with Gasteiger partial charge in [-0.15, -0.1) is 0 Å². The Morgan fingerprint density at radius 3 is 2.29 bits per heavy atom. The minimum Gasteiger partial charge on any atom is -0.378 e. The van der Waals surface area contributed by atoms with Gasteiger partial charge in [-0.25, -0.2) is 0 Å². The van der Waals surface area contributed by atoms with Crippen LogP contribution in [-0.4, -0.2) is 11.9 Å². The number of nitrogens with one attached hydrogen (secondary N) is 1. The lowest BCUT2D eigenvalue weighted by Crippen LogP contribution is -2.52. The summed E-state index contributed by atoms with van der Waals surface area (Å²) in [7, 11) is 0. The van der Waals surface area contributed by atoms with Crippen molar-refractivity contribution in [2.45, 2.75) is 39.8 Å². The van der Waals surface area contributed by atoms with E-state index in [0.29, 0.717) is 11.8 Å². The molecule has 0 aromatic heterocycles. The Morgan fingerprint density at radius 2 is 1.67 bits per heavy atom. The van der Waals surface area contributed by atoms with E-state index in [1.165, 1.54) is 5.56 Å². The summed E-state index contributed by atoms with van der Waals surface area (Å²) in [4.78, 5) is 14.4. The van der Waals surface area contributed by atoms with Crippen LogP contribution in [0.2, 0.25) is 0 Å². The van der Waals surface area contributed by atoms with Crippen molar-refractivity contribution < 1.29 is 4.79 Å². The molecule has 126 valence electrons. The second-order valence-corrected chi connectivity index (χ2v) is 7.03. The summed E-state index contributed by atoms with van der Waals surface area (Å²) in [6.07, 6.45) is 0. The molecule has 2 aromatic rings. The van der Waals surface area contributed by atoms with E-state index in [-0.39, 0.29) is 18.0 Å². The summed E-state index contributed by atoms with van der Waals surface area (Å²) < 4.78 is 0. The van der Waals surface area contributed by atoms with E-state index in [1.807, 2.05) is 29.2 Å². The molecule has 0 spiro atoms. The zero-order chi connectivity index (χ0) is 17.3. The molecule has 3 atom stereocenters. The highest BCUT2D eigenvalue weighted by atomic mass is 16.2. The molecule has 3 rings (SSSR count). The topological polar surface area (TPSA) is 32.3 Å². The summed E-state index contributed by atoms with van der Waals surface area (Å²) in [6, 6.07) is 18.9. The SMILES string of the molecule is CC(=O)N1c2ccccc2C(Nc2ccccc2)[C@@H](C)C1C(C)C. The van der Waals surface area contributed by atoms with Crippen molar-refractivity contribution in [3.63, 3.8) is 0 Å². The van der Waals surface area contributed by atoms with Gasteiger partial charge >= 0.3 is 0 Å². The second kappa shape index (κ2) is 6.68. The number of nitrogens with zero attached hydrogens (tertiary/aromatic N) is 1. The molecule has 0 aliphatic carbocycles. The van der Waals surface area contributed by atoms with Gasteiger partial charge in [0.1, 0.15) is 0 Å². The fraction of sp³-hybridized carbons (Fsp3) is 0.381. The number of hydrogen-bond donors (Lipinski definition) is 1. The third-order valence-corrected chi connectivity index (χ3v) is 5.01. The van der Waals surface area contributed by atoms with Gasteiger partial charge in [0.15, 0.2) is 0 Å². The van der Waals surface area contributed by atoms with E-state index < -0.39 is 0 Å². The van der Waals surface area contributed by atoms with Crippen molar-refractivity contribution in [2.24, 2.45) is 11.8 Å². The van der Waals surface area contributed by atoms with Crippen LogP contribution in [-0.2, 0) is 4.79 Å². The van der Waals surface area contributed by atoms with Gasteiger partial charge in [0.2, 0.25) is 5.91 Å². The quantitative estimate of drug-likeness (QED) is 0.874. The molecule has 1 aliphatic heterocycles. The lowest BCUT2D eigenvalue weighted by atomic mass is 9.77. The van der Waals surface area contributed by atoms with Crippen LogP contribution in [0.4, 0.5) is 11.4 Å². The minimum atomic E-state index is 0.117. The molecule has 1 amide bonds. The van der Waals surface area contributed by atoms with Gasteiger partial charge in [-0.2, -0.15) is 0 Å². The molecule has 0 fully saturated rings. The number of carbonyl (C=O) groups excluding carboxylic acids is 1. The van der Waals surface area contributed by atoms with E-state index in [0.717, 1.165) is 11.4 Å². The summed E-state index contributed by atoms with van der Waals surface area (Å²) in [5, 5.41) is 3.69. The fourth-order valence-electron chi connectivity index (χ4n) is 4.05. The first kappa shape index (κ1) is 16.6. The van der Waals surface area contributed by atoms with Crippen LogP contribution >= 0.6 is 0 Å². The average Bonchev–Trinajstić information content (AvgIpc) is 2.57. The van der Waals surface area contributed by atoms with Crippen LogP contribution in [0.1, 0.15) is 39.3 Å². The molecule has 0 radical (unpaired) electrons. The molecule has 2 aromatic carbocycles. The number of anilines is 2. The Labute approximate surface area is 144 Å². The Bertz CT molecular complexity index is 711. The zero-order valence-electron chi connectivity index (χ0n) is 14.9. The first-order valence-electron chi connectivity index (χ1n) is 8.71. The Kier molecular flexibility index (Phi) is 4.61. The average molecular weight is 322 g/mol. The van der Waals surface area contributed by atoms with Gasteiger partial charge in [0.25, 0.3) is 0 Å². The fourth-order valence-corrected chi connectivity index (χ4v) is 4.05. The summed E-state index contributed by atoms with van der Waals surface area (Å²) in [5.41, 5.74) is 3.35. The van der Waals surface area contributed by atoms with Crippen LogP contribution in [0.5, 0.6) is 0 Å². The Balaban J connectivity index is 2.08. The molecule has 1 heterocycles. The number of fused-ring (bicyclic) bond motifs is 1. The molecular formula is C21H26N2O. The maximum atomic E-state index is 12.4. The summed E-state index contributed by atoms with van der Waals surface area (Å²) in [6.45, 7) is 8.32. The summed E-state index contributed by atoms with van der Waals surface area (Å²) in [5.74, 6) is 0.812. The van der Waals surface area contributed by atoms with Gasteiger partial charge in [-0.05, 0) is 29.7 Å². The Morgan fingerprint density at radius 1 is 1.04 bits per heavy atom. The molecular weight excluding hydrogens is 296 g/mol. The van der Waals surface area contributed by atoms with Gasteiger partial charge in [-0.3, -0.25) is 4.79 Å². The van der Waals surface area contributed by atoms with Crippen molar-refractivity contribution in [3.05, 3.63) is 60.2 Å². The van der Waals surface area contributed by atoms with E-state index >= 15 is 0 Å². The number of benzene rings is 2. The van der Waals surface area contributed by atoms with Crippen molar-refractivity contribution >= 4 is 17.3 Å². The minimum absolute atomic E-state index is 0.117. The summed E-state index contributed by atoms with van der Waals surface area (Å²) >= 11 is 0. The second-order valence-electron chi connectivity index (χ2n) is 7.03. The van der Waals surface area contributed by atoms with Crippen LogP contribution in [0.3, 0.4) is 0 Å². The molecule has 1 aliphatic rings. The van der Waals surface area contributed by atoms with E-state index in [9.17, 15) is 4.79 Å². The van der Waals surface area contributed by atoms with E-state index in [2.05, 4.69) is 56.4 Å². The highest BCUT2D eigenvalue weighted by Crippen LogP contribution is 2.44. The predicted octanol–water partition coefficient (Wildman–Crippen LogP) is 4.87. The standard InChI is InChI=1S/C21H26N2O/c1-14(2)21-15(3)20(22-17-10-6-5-7-11-17)18-12-8-9-13-19(18)23(21)16(4)24/h5-15,20-22H,1-4H3/t15-,20?,21?/m1/s1. The van der Waals surface area contributed by atoms with Crippen LogP contribution < -0.4 is 10.2 Å². The number of rotatable bonds is 3. The predicted molar refractivity (Wildman–Crippen MR) is 100 cm³/mol. The third-order valence-electron chi connectivity index (χ3n) is 5.01. The highest BCUT2D eigenvalue weighted by molar-refractivity contribution is 5.94. The van der Waals surface area contributed by atoms with Gasteiger partial charge in [0.05, 0.1) is 6.04 Å². The van der Waals surface area contributed by atoms with Crippen LogP contribution in [0, 0.1) is 11.8 Å². The molecule has 0 saturated carbocycles. The first-order valence-corrected chi connectivity index (χ1v) is 8.71. The maximum absolute atomic E-state index is 12.4. The largest absolute Gasteiger partial charge is 0.378 e. The number of hydrogen-bond acceptors (Lipinski definition) is 2. The van der Waals surface area contributed by atoms with Gasteiger partial charge < -0.3 is 10.2 Å². The molecule has 0 saturated heterocycles. The number of carbonyl (C=O) groups is 1. The zero-order valence-corrected chi connectivity index (χ0v) is 14.9. The molecule has 3 nitrogen and oxygen atoms in total. The van der Waals surface area contributed by atoms with Gasteiger partial charge in [-0.1, -0.05) is 57.2 Å².